The maximum absolute atomic E-state index is 13.4. The molecule has 0 saturated carbocycles. The van der Waals surface area contributed by atoms with Crippen LogP contribution in [0.15, 0.2) is 23.0 Å². The Bertz CT molecular complexity index is 717. The summed E-state index contributed by atoms with van der Waals surface area (Å²) in [7, 11) is 2.20. The fourth-order valence-corrected chi connectivity index (χ4v) is 3.09. The van der Waals surface area contributed by atoms with Gasteiger partial charge in [-0.1, -0.05) is 0 Å². The second-order valence-corrected chi connectivity index (χ2v) is 6.13. The third-order valence-electron chi connectivity index (χ3n) is 4.51. The quantitative estimate of drug-likeness (QED) is 0.645. The van der Waals surface area contributed by atoms with Crippen LogP contribution in [-0.2, 0) is 6.54 Å². The van der Waals surface area contributed by atoms with E-state index in [-0.39, 0.29) is 11.2 Å². The predicted octanol–water partition coefficient (Wildman–Crippen LogP) is -1.11. The van der Waals surface area contributed by atoms with Crippen LogP contribution in [0.5, 0.6) is 0 Å². The molecular weight excluding hydrogens is 269 g/mol. The van der Waals surface area contributed by atoms with Crippen molar-refractivity contribution in [1.82, 2.24) is 4.98 Å². The lowest BCUT2D eigenvalue weighted by Gasteiger charge is -2.27. The van der Waals surface area contributed by atoms with Crippen molar-refractivity contribution in [1.29, 1.82) is 0 Å². The number of hydrogen-bond donors (Lipinski definition) is 3. The molecule has 1 aromatic heterocycles. The number of H-pyrrole nitrogens is 1. The molecule has 0 radical (unpaired) electrons. The smallest absolute Gasteiger partial charge is 0.198 e. The SMILES string of the molecule is Cc1[nH]c2ccc(F)cc2c(=O)c1C[NH+]1CC[NH+](C)CC1. The largest absolute Gasteiger partial charge is 0.358 e. The third kappa shape index (κ3) is 2.84. The van der Waals surface area contributed by atoms with Crippen molar-refractivity contribution in [2.45, 2.75) is 13.5 Å². The highest BCUT2D eigenvalue weighted by molar-refractivity contribution is 5.79. The molecule has 5 heteroatoms. The van der Waals surface area contributed by atoms with Crippen LogP contribution in [-0.4, -0.2) is 38.2 Å². The first-order valence-corrected chi connectivity index (χ1v) is 7.50. The Hall–Kier alpha value is -1.72. The number of quaternary nitrogens is 2. The zero-order valence-electron chi connectivity index (χ0n) is 12.6. The highest BCUT2D eigenvalue weighted by atomic mass is 19.1. The summed E-state index contributed by atoms with van der Waals surface area (Å²) in [5, 5.41) is 0.453. The molecule has 0 spiro atoms. The van der Waals surface area contributed by atoms with E-state index in [9.17, 15) is 9.18 Å². The van der Waals surface area contributed by atoms with Gasteiger partial charge in [-0.3, -0.25) is 4.79 Å². The molecule has 0 atom stereocenters. The predicted molar refractivity (Wildman–Crippen MR) is 80.3 cm³/mol. The van der Waals surface area contributed by atoms with Crippen molar-refractivity contribution in [3.63, 3.8) is 0 Å². The van der Waals surface area contributed by atoms with Crippen molar-refractivity contribution in [3.8, 4) is 0 Å². The molecular formula is C16H22FN3O+2. The van der Waals surface area contributed by atoms with Gasteiger partial charge in [0.15, 0.2) is 5.43 Å². The molecule has 1 aliphatic heterocycles. The fourth-order valence-electron chi connectivity index (χ4n) is 3.09. The minimum Gasteiger partial charge on any atom is -0.358 e. The Morgan fingerprint density at radius 2 is 1.95 bits per heavy atom. The number of rotatable bonds is 2. The highest BCUT2D eigenvalue weighted by Crippen LogP contribution is 2.12. The van der Waals surface area contributed by atoms with Gasteiger partial charge in [0.05, 0.1) is 12.6 Å². The Morgan fingerprint density at radius 1 is 1.24 bits per heavy atom. The van der Waals surface area contributed by atoms with Gasteiger partial charge >= 0.3 is 0 Å². The van der Waals surface area contributed by atoms with Crippen LogP contribution in [0.1, 0.15) is 11.3 Å². The lowest BCUT2D eigenvalue weighted by atomic mass is 10.1. The molecule has 112 valence electrons. The first kappa shape index (κ1) is 14.2. The minimum atomic E-state index is -0.363. The van der Waals surface area contributed by atoms with E-state index in [4.69, 9.17) is 0 Å². The van der Waals surface area contributed by atoms with Gasteiger partial charge in [-0.25, -0.2) is 4.39 Å². The second kappa shape index (κ2) is 5.58. The number of fused-ring (bicyclic) bond motifs is 1. The first-order chi connectivity index (χ1) is 10.0. The number of nitrogens with one attached hydrogen (secondary N) is 3. The molecule has 4 nitrogen and oxygen atoms in total. The first-order valence-electron chi connectivity index (χ1n) is 7.50. The molecule has 2 heterocycles. The zero-order valence-corrected chi connectivity index (χ0v) is 12.6. The number of hydrogen-bond acceptors (Lipinski definition) is 1. The van der Waals surface area contributed by atoms with Crippen LogP contribution in [0.3, 0.4) is 0 Å². The van der Waals surface area contributed by atoms with Crippen molar-refractivity contribution in [3.05, 3.63) is 45.5 Å². The van der Waals surface area contributed by atoms with Crippen LogP contribution in [0, 0.1) is 12.7 Å². The van der Waals surface area contributed by atoms with E-state index in [1.165, 1.54) is 17.0 Å². The van der Waals surface area contributed by atoms with Crippen molar-refractivity contribution in [2.75, 3.05) is 33.2 Å². The van der Waals surface area contributed by atoms with Gasteiger partial charge in [-0.05, 0) is 25.1 Å². The van der Waals surface area contributed by atoms with E-state index >= 15 is 0 Å². The Morgan fingerprint density at radius 3 is 2.67 bits per heavy atom. The van der Waals surface area contributed by atoms with Gasteiger partial charge in [0.2, 0.25) is 0 Å². The Kier molecular flexibility index (Phi) is 3.78. The molecule has 0 bridgehead atoms. The maximum atomic E-state index is 13.4. The maximum Gasteiger partial charge on any atom is 0.198 e. The van der Waals surface area contributed by atoms with Gasteiger partial charge in [0.25, 0.3) is 0 Å². The molecule has 0 unspecified atom stereocenters. The molecule has 1 fully saturated rings. The molecule has 0 aliphatic carbocycles. The molecule has 3 N–H and O–H groups in total. The average Bonchev–Trinajstić information content (AvgIpc) is 2.46. The van der Waals surface area contributed by atoms with Crippen molar-refractivity contribution < 1.29 is 14.2 Å². The van der Waals surface area contributed by atoms with E-state index in [2.05, 4.69) is 12.0 Å². The molecule has 1 saturated heterocycles. The van der Waals surface area contributed by atoms with Gasteiger partial charge in [-0.15, -0.1) is 0 Å². The minimum absolute atomic E-state index is 0.0282. The van der Waals surface area contributed by atoms with E-state index in [0.29, 0.717) is 10.9 Å². The Balaban J connectivity index is 1.96. The second-order valence-electron chi connectivity index (χ2n) is 6.13. The average molecular weight is 291 g/mol. The molecule has 1 aliphatic rings. The number of pyridine rings is 1. The number of piperazine rings is 1. The van der Waals surface area contributed by atoms with Crippen LogP contribution in [0.4, 0.5) is 4.39 Å². The monoisotopic (exact) mass is 291 g/mol. The standard InChI is InChI=1S/C16H20FN3O/c1-11-14(10-20-7-5-19(2)6-8-20)16(21)13-9-12(17)3-4-15(13)18-11/h3-4,9H,5-8,10H2,1-2H3,(H,18,21)/p+2. The molecule has 21 heavy (non-hydrogen) atoms. The number of benzene rings is 1. The lowest BCUT2D eigenvalue weighted by Crippen LogP contribution is -3.26. The van der Waals surface area contributed by atoms with Crippen molar-refractivity contribution in [2.24, 2.45) is 0 Å². The summed E-state index contributed by atoms with van der Waals surface area (Å²) >= 11 is 0. The number of likely N-dealkylation sites (N-methyl/N-ethyl adjacent to an activating group) is 1. The number of aromatic amines is 1. The van der Waals surface area contributed by atoms with Crippen LogP contribution in [0.2, 0.25) is 0 Å². The highest BCUT2D eigenvalue weighted by Gasteiger charge is 2.22. The summed E-state index contributed by atoms with van der Waals surface area (Å²) in [5.41, 5.74) is 2.38. The molecule has 3 rings (SSSR count). The van der Waals surface area contributed by atoms with Crippen LogP contribution in [0.25, 0.3) is 10.9 Å². The summed E-state index contributed by atoms with van der Waals surface area (Å²) in [4.78, 5) is 18.9. The third-order valence-corrected chi connectivity index (χ3v) is 4.51. The van der Waals surface area contributed by atoms with Gasteiger partial charge in [0.1, 0.15) is 38.5 Å². The summed E-state index contributed by atoms with van der Waals surface area (Å²) in [5.74, 6) is -0.363. The lowest BCUT2D eigenvalue weighted by molar-refractivity contribution is -1.01. The van der Waals surface area contributed by atoms with Crippen LogP contribution >= 0.6 is 0 Å². The number of aryl methyl sites for hydroxylation is 1. The normalized spacial score (nSPS) is 22.6. The molecule has 0 amide bonds. The number of halogens is 1. The van der Waals surface area contributed by atoms with Crippen LogP contribution < -0.4 is 15.2 Å². The summed E-state index contributed by atoms with van der Waals surface area (Å²) in [6.45, 7) is 7.07. The van der Waals surface area contributed by atoms with Gasteiger partial charge in [0, 0.05) is 16.6 Å². The number of aromatic nitrogens is 1. The van der Waals surface area contributed by atoms with E-state index in [0.717, 1.165) is 44.0 Å². The fraction of sp³-hybridized carbons (Fsp3) is 0.438. The summed E-state index contributed by atoms with van der Waals surface area (Å²) in [6.07, 6.45) is 0. The van der Waals surface area contributed by atoms with E-state index in [1.54, 1.807) is 11.0 Å². The topological polar surface area (TPSA) is 41.7 Å². The zero-order chi connectivity index (χ0) is 15.0. The molecule has 1 aromatic carbocycles. The van der Waals surface area contributed by atoms with Gasteiger partial charge < -0.3 is 14.8 Å². The van der Waals surface area contributed by atoms with Crippen molar-refractivity contribution >= 4 is 10.9 Å². The Labute approximate surface area is 123 Å². The summed E-state index contributed by atoms with van der Waals surface area (Å²) < 4.78 is 13.4. The van der Waals surface area contributed by atoms with Gasteiger partial charge in [-0.2, -0.15) is 0 Å². The van der Waals surface area contributed by atoms with E-state index < -0.39 is 0 Å². The van der Waals surface area contributed by atoms with E-state index in [1.807, 2.05) is 6.92 Å². The summed E-state index contributed by atoms with van der Waals surface area (Å²) in [6, 6.07) is 4.35. The molecule has 2 aromatic rings.